The SMILES string of the molecule is COc1ccccc1N(CCCN)CC(=O)NC(N)=O. The van der Waals surface area contributed by atoms with Crippen LogP contribution in [0, 0.1) is 0 Å². The minimum atomic E-state index is -0.867. The number of urea groups is 1. The number of para-hydroxylation sites is 2. The van der Waals surface area contributed by atoms with Crippen LogP contribution in [0.25, 0.3) is 0 Å². The number of ether oxygens (including phenoxy) is 1. The first-order valence-corrected chi connectivity index (χ1v) is 6.25. The van der Waals surface area contributed by atoms with Crippen LogP contribution in [0.5, 0.6) is 5.75 Å². The fourth-order valence-corrected chi connectivity index (χ4v) is 1.81. The van der Waals surface area contributed by atoms with Gasteiger partial charge in [-0.15, -0.1) is 0 Å². The molecule has 20 heavy (non-hydrogen) atoms. The van der Waals surface area contributed by atoms with Gasteiger partial charge < -0.3 is 21.1 Å². The molecule has 5 N–H and O–H groups in total. The number of primary amides is 1. The number of amides is 3. The van der Waals surface area contributed by atoms with Crippen molar-refractivity contribution in [2.75, 3.05) is 31.6 Å². The van der Waals surface area contributed by atoms with Crippen molar-refractivity contribution in [3.8, 4) is 5.75 Å². The zero-order chi connectivity index (χ0) is 15.0. The molecule has 0 unspecified atom stereocenters. The van der Waals surface area contributed by atoms with Gasteiger partial charge in [0.25, 0.3) is 0 Å². The summed E-state index contributed by atoms with van der Waals surface area (Å²) in [5, 5.41) is 2.04. The molecule has 7 nitrogen and oxygen atoms in total. The molecule has 0 heterocycles. The Morgan fingerprint density at radius 2 is 2.05 bits per heavy atom. The van der Waals surface area contributed by atoms with Crippen LogP contribution in [-0.4, -0.2) is 38.7 Å². The first-order chi connectivity index (χ1) is 9.58. The van der Waals surface area contributed by atoms with Crippen LogP contribution in [0.4, 0.5) is 10.5 Å². The number of nitrogens with two attached hydrogens (primary N) is 2. The first-order valence-electron chi connectivity index (χ1n) is 6.25. The number of benzene rings is 1. The highest BCUT2D eigenvalue weighted by atomic mass is 16.5. The van der Waals surface area contributed by atoms with Crippen molar-refractivity contribution in [3.05, 3.63) is 24.3 Å². The maximum Gasteiger partial charge on any atom is 0.318 e. The van der Waals surface area contributed by atoms with E-state index in [0.717, 1.165) is 5.69 Å². The Bertz CT molecular complexity index is 465. The van der Waals surface area contributed by atoms with Crippen LogP contribution >= 0.6 is 0 Å². The van der Waals surface area contributed by atoms with Gasteiger partial charge in [-0.1, -0.05) is 12.1 Å². The Morgan fingerprint density at radius 3 is 2.65 bits per heavy atom. The Labute approximate surface area is 117 Å². The number of anilines is 1. The highest BCUT2D eigenvalue weighted by Crippen LogP contribution is 2.27. The largest absolute Gasteiger partial charge is 0.495 e. The van der Waals surface area contributed by atoms with Crippen molar-refractivity contribution >= 4 is 17.6 Å². The van der Waals surface area contributed by atoms with Gasteiger partial charge in [0, 0.05) is 6.54 Å². The number of hydrogen-bond acceptors (Lipinski definition) is 5. The molecule has 0 bridgehead atoms. The smallest absolute Gasteiger partial charge is 0.318 e. The summed E-state index contributed by atoms with van der Waals surface area (Å²) in [6.45, 7) is 1.08. The Kier molecular flexibility index (Phi) is 6.31. The van der Waals surface area contributed by atoms with Gasteiger partial charge in [0.1, 0.15) is 5.75 Å². The maximum absolute atomic E-state index is 11.7. The molecule has 0 aliphatic heterocycles. The summed E-state index contributed by atoms with van der Waals surface area (Å²) in [5.74, 6) is 0.178. The monoisotopic (exact) mass is 280 g/mol. The topological polar surface area (TPSA) is 111 Å². The van der Waals surface area contributed by atoms with Crippen LogP contribution in [0.15, 0.2) is 24.3 Å². The summed E-state index contributed by atoms with van der Waals surface area (Å²) >= 11 is 0. The van der Waals surface area contributed by atoms with Crippen molar-refractivity contribution in [1.29, 1.82) is 0 Å². The lowest BCUT2D eigenvalue weighted by Crippen LogP contribution is -2.43. The fraction of sp³-hybridized carbons (Fsp3) is 0.385. The van der Waals surface area contributed by atoms with E-state index in [1.807, 2.05) is 23.5 Å². The van der Waals surface area contributed by atoms with E-state index in [9.17, 15) is 9.59 Å². The van der Waals surface area contributed by atoms with Crippen molar-refractivity contribution in [2.24, 2.45) is 11.5 Å². The Morgan fingerprint density at radius 1 is 1.35 bits per heavy atom. The van der Waals surface area contributed by atoms with Crippen molar-refractivity contribution < 1.29 is 14.3 Å². The lowest BCUT2D eigenvalue weighted by Gasteiger charge is -2.25. The van der Waals surface area contributed by atoms with Gasteiger partial charge in [0.05, 0.1) is 19.3 Å². The molecule has 0 saturated carbocycles. The molecule has 0 atom stereocenters. The molecule has 1 aromatic rings. The second-order valence-corrected chi connectivity index (χ2v) is 4.15. The van der Waals surface area contributed by atoms with Crippen LogP contribution in [-0.2, 0) is 4.79 Å². The van der Waals surface area contributed by atoms with E-state index >= 15 is 0 Å². The van der Waals surface area contributed by atoms with Crippen molar-refractivity contribution in [1.82, 2.24) is 5.32 Å². The number of carbonyl (C=O) groups excluding carboxylic acids is 2. The van der Waals surface area contributed by atoms with E-state index in [2.05, 4.69) is 0 Å². The number of methoxy groups -OCH3 is 1. The third kappa shape index (κ3) is 4.77. The van der Waals surface area contributed by atoms with Crippen LogP contribution in [0.1, 0.15) is 6.42 Å². The molecule has 3 amide bonds. The number of nitrogens with zero attached hydrogens (tertiary/aromatic N) is 1. The lowest BCUT2D eigenvalue weighted by atomic mass is 10.2. The van der Waals surface area contributed by atoms with Gasteiger partial charge in [-0.25, -0.2) is 4.79 Å². The summed E-state index contributed by atoms with van der Waals surface area (Å²) in [6.07, 6.45) is 0.710. The van der Waals surface area contributed by atoms with E-state index in [1.54, 1.807) is 18.1 Å². The standard InChI is InChI=1S/C13H20N4O3/c1-20-11-6-3-2-5-10(11)17(8-4-7-14)9-12(18)16-13(15)19/h2-3,5-6H,4,7-9,14H2,1H3,(H3,15,16,18,19). The van der Waals surface area contributed by atoms with E-state index in [-0.39, 0.29) is 6.54 Å². The number of carbonyl (C=O) groups is 2. The zero-order valence-corrected chi connectivity index (χ0v) is 11.5. The molecule has 1 rings (SSSR count). The van der Waals surface area contributed by atoms with E-state index < -0.39 is 11.9 Å². The minimum Gasteiger partial charge on any atom is -0.495 e. The number of hydrogen-bond donors (Lipinski definition) is 3. The Hall–Kier alpha value is -2.28. The molecule has 7 heteroatoms. The summed E-state index contributed by atoms with van der Waals surface area (Å²) in [7, 11) is 1.56. The molecule has 0 aromatic heterocycles. The number of nitrogens with one attached hydrogen (secondary N) is 1. The van der Waals surface area contributed by atoms with Gasteiger partial charge in [-0.05, 0) is 25.1 Å². The third-order valence-corrected chi connectivity index (χ3v) is 2.66. The normalized spacial score (nSPS) is 9.90. The molecule has 0 aliphatic carbocycles. The van der Waals surface area contributed by atoms with Crippen molar-refractivity contribution in [2.45, 2.75) is 6.42 Å². The summed E-state index contributed by atoms with van der Waals surface area (Å²) in [4.78, 5) is 24.2. The van der Waals surface area contributed by atoms with Gasteiger partial charge in [0.2, 0.25) is 5.91 Å². The van der Waals surface area contributed by atoms with E-state index in [0.29, 0.717) is 25.3 Å². The number of imide groups is 1. The first kappa shape index (κ1) is 15.8. The van der Waals surface area contributed by atoms with Gasteiger partial charge >= 0.3 is 6.03 Å². The van der Waals surface area contributed by atoms with E-state index in [1.165, 1.54) is 0 Å². The van der Waals surface area contributed by atoms with Gasteiger partial charge in [-0.2, -0.15) is 0 Å². The molecule has 110 valence electrons. The molecule has 0 spiro atoms. The molecule has 1 aromatic carbocycles. The average molecular weight is 280 g/mol. The molecule has 0 fully saturated rings. The second kappa shape index (κ2) is 8.00. The predicted octanol–water partition coefficient (Wildman–Crippen LogP) is 0.0453. The minimum absolute atomic E-state index is 0.00329. The van der Waals surface area contributed by atoms with Crippen LogP contribution in [0.3, 0.4) is 0 Å². The summed E-state index contributed by atoms with van der Waals surface area (Å²) < 4.78 is 5.27. The molecule has 0 saturated heterocycles. The quantitative estimate of drug-likeness (QED) is 0.653. The third-order valence-electron chi connectivity index (χ3n) is 2.66. The summed E-state index contributed by atoms with van der Waals surface area (Å²) in [6, 6.07) is 6.46. The van der Waals surface area contributed by atoms with Gasteiger partial charge in [0.15, 0.2) is 0 Å². The maximum atomic E-state index is 11.7. The predicted molar refractivity (Wildman–Crippen MR) is 76.6 cm³/mol. The lowest BCUT2D eigenvalue weighted by molar-refractivity contribution is -0.118. The summed E-state index contributed by atoms with van der Waals surface area (Å²) in [5.41, 5.74) is 11.2. The average Bonchev–Trinajstić information content (AvgIpc) is 2.42. The highest BCUT2D eigenvalue weighted by molar-refractivity contribution is 5.95. The molecular formula is C13H20N4O3. The van der Waals surface area contributed by atoms with Gasteiger partial charge in [-0.3, -0.25) is 10.1 Å². The van der Waals surface area contributed by atoms with E-state index in [4.69, 9.17) is 16.2 Å². The highest BCUT2D eigenvalue weighted by Gasteiger charge is 2.15. The Balaban J connectivity index is 2.87. The second-order valence-electron chi connectivity index (χ2n) is 4.15. The van der Waals surface area contributed by atoms with Crippen molar-refractivity contribution in [3.63, 3.8) is 0 Å². The molecular weight excluding hydrogens is 260 g/mol. The fourth-order valence-electron chi connectivity index (χ4n) is 1.81. The molecule has 0 radical (unpaired) electrons. The molecule has 0 aliphatic rings. The number of rotatable bonds is 7. The van der Waals surface area contributed by atoms with Crippen LogP contribution in [0.2, 0.25) is 0 Å². The van der Waals surface area contributed by atoms with Crippen LogP contribution < -0.4 is 26.4 Å². The zero-order valence-electron chi connectivity index (χ0n) is 11.5.